The van der Waals surface area contributed by atoms with Crippen molar-refractivity contribution >= 4 is 29.0 Å². The van der Waals surface area contributed by atoms with Crippen molar-refractivity contribution in [2.45, 2.75) is 25.3 Å². The first-order valence-electron chi connectivity index (χ1n) is 7.05. The van der Waals surface area contributed by atoms with E-state index in [4.69, 9.17) is 11.6 Å². The van der Waals surface area contributed by atoms with Gasteiger partial charge in [-0.1, -0.05) is 11.6 Å². The first-order chi connectivity index (χ1) is 11.0. The third-order valence-corrected chi connectivity index (χ3v) is 4.09. The number of hydrogen-bond donors (Lipinski definition) is 3. The summed E-state index contributed by atoms with van der Waals surface area (Å²) in [6.07, 6.45) is 4.07. The molecule has 2 aromatic rings. The van der Waals surface area contributed by atoms with Gasteiger partial charge >= 0.3 is 6.03 Å². The van der Waals surface area contributed by atoms with E-state index in [0.29, 0.717) is 6.42 Å². The predicted molar refractivity (Wildman–Crippen MR) is 84.7 cm³/mol. The number of fused-ring (bicyclic) bond motifs is 1. The predicted octanol–water partition coefficient (Wildman–Crippen LogP) is 2.65. The number of rotatable bonds is 3. The van der Waals surface area contributed by atoms with Gasteiger partial charge in [-0.2, -0.15) is 5.10 Å². The van der Waals surface area contributed by atoms with Crippen molar-refractivity contribution in [3.8, 4) is 0 Å². The number of nitrogens with one attached hydrogen (secondary N) is 3. The monoisotopic (exact) mass is 335 g/mol. The lowest BCUT2D eigenvalue weighted by Crippen LogP contribution is -2.41. The number of carbonyl (C=O) groups is 1. The zero-order valence-electron chi connectivity index (χ0n) is 12.0. The number of nitrogens with zero attached hydrogens (tertiary/aromatic N) is 2. The summed E-state index contributed by atoms with van der Waals surface area (Å²) in [6.45, 7) is 0. The number of amides is 2. The summed E-state index contributed by atoms with van der Waals surface area (Å²) in [5.41, 5.74) is 2.27. The zero-order valence-corrected chi connectivity index (χ0v) is 12.8. The molecular weight excluding hydrogens is 322 g/mol. The van der Waals surface area contributed by atoms with Crippen LogP contribution in [0.4, 0.5) is 16.2 Å². The van der Waals surface area contributed by atoms with Crippen molar-refractivity contribution in [1.29, 1.82) is 0 Å². The molecule has 1 heterocycles. The van der Waals surface area contributed by atoms with Crippen LogP contribution in [-0.2, 0) is 12.8 Å². The number of non-ortho nitro benzene ring substituents is 1. The number of aromatic nitrogens is 2. The molecule has 8 nitrogen and oxygen atoms in total. The minimum atomic E-state index is -0.541. The summed E-state index contributed by atoms with van der Waals surface area (Å²) in [5.74, 6) is 0. The van der Waals surface area contributed by atoms with Crippen molar-refractivity contribution < 1.29 is 9.72 Å². The second-order valence-corrected chi connectivity index (χ2v) is 5.74. The summed E-state index contributed by atoms with van der Waals surface area (Å²) < 4.78 is 0. The van der Waals surface area contributed by atoms with Crippen LogP contribution in [0.2, 0.25) is 5.02 Å². The van der Waals surface area contributed by atoms with Crippen LogP contribution in [0.1, 0.15) is 17.7 Å². The van der Waals surface area contributed by atoms with E-state index in [1.807, 2.05) is 0 Å². The average molecular weight is 336 g/mol. The largest absolute Gasteiger partial charge is 0.335 e. The van der Waals surface area contributed by atoms with Gasteiger partial charge < -0.3 is 10.6 Å². The molecule has 23 heavy (non-hydrogen) atoms. The lowest BCUT2D eigenvalue weighted by atomic mass is 9.94. The Balaban J connectivity index is 1.64. The molecule has 0 bridgehead atoms. The molecule has 1 aromatic heterocycles. The van der Waals surface area contributed by atoms with E-state index in [0.717, 1.165) is 24.1 Å². The highest BCUT2D eigenvalue weighted by molar-refractivity contribution is 6.33. The Hall–Kier alpha value is -2.61. The number of nitro groups is 1. The van der Waals surface area contributed by atoms with Gasteiger partial charge in [0.05, 0.1) is 21.8 Å². The number of halogens is 1. The van der Waals surface area contributed by atoms with Gasteiger partial charge in [0, 0.05) is 23.9 Å². The molecule has 2 amide bonds. The number of hydrogen-bond acceptors (Lipinski definition) is 4. The Kier molecular flexibility index (Phi) is 4.16. The second-order valence-electron chi connectivity index (χ2n) is 5.33. The first-order valence-corrected chi connectivity index (χ1v) is 7.43. The smallest absolute Gasteiger partial charge is 0.319 e. The number of benzene rings is 1. The third-order valence-electron chi connectivity index (χ3n) is 3.76. The van der Waals surface area contributed by atoms with Gasteiger partial charge in [0.15, 0.2) is 0 Å². The molecule has 0 fully saturated rings. The molecule has 3 N–H and O–H groups in total. The van der Waals surface area contributed by atoms with Crippen LogP contribution in [0.25, 0.3) is 0 Å². The molecule has 0 unspecified atom stereocenters. The maximum Gasteiger partial charge on any atom is 0.319 e. The van der Waals surface area contributed by atoms with Crippen LogP contribution in [-0.4, -0.2) is 27.2 Å². The molecule has 1 aliphatic carbocycles. The van der Waals surface area contributed by atoms with Crippen molar-refractivity contribution in [3.05, 3.63) is 50.8 Å². The van der Waals surface area contributed by atoms with Gasteiger partial charge in [0.1, 0.15) is 0 Å². The lowest BCUT2D eigenvalue weighted by Gasteiger charge is -2.23. The van der Waals surface area contributed by atoms with Gasteiger partial charge in [-0.15, -0.1) is 0 Å². The molecule has 0 saturated heterocycles. The lowest BCUT2D eigenvalue weighted by molar-refractivity contribution is -0.384. The molecule has 0 saturated carbocycles. The van der Waals surface area contributed by atoms with E-state index in [-0.39, 0.29) is 22.4 Å². The highest BCUT2D eigenvalue weighted by atomic mass is 35.5. The number of carbonyl (C=O) groups excluding carboxylic acids is 1. The minimum Gasteiger partial charge on any atom is -0.335 e. The number of anilines is 1. The van der Waals surface area contributed by atoms with Gasteiger partial charge in [-0.05, 0) is 30.9 Å². The molecule has 1 atom stereocenters. The van der Waals surface area contributed by atoms with E-state index in [9.17, 15) is 14.9 Å². The van der Waals surface area contributed by atoms with Crippen LogP contribution in [0.5, 0.6) is 0 Å². The summed E-state index contributed by atoms with van der Waals surface area (Å²) in [5, 5.41) is 23.4. The number of H-pyrrole nitrogens is 1. The van der Waals surface area contributed by atoms with Crippen LogP contribution < -0.4 is 10.6 Å². The minimum absolute atomic E-state index is 0.0161. The highest BCUT2D eigenvalue weighted by Gasteiger charge is 2.22. The molecule has 120 valence electrons. The van der Waals surface area contributed by atoms with Gasteiger partial charge in [0.2, 0.25) is 0 Å². The van der Waals surface area contributed by atoms with E-state index < -0.39 is 11.0 Å². The topological polar surface area (TPSA) is 113 Å². The fourth-order valence-corrected chi connectivity index (χ4v) is 2.77. The Morgan fingerprint density at radius 1 is 1.48 bits per heavy atom. The van der Waals surface area contributed by atoms with Crippen molar-refractivity contribution in [2.75, 3.05) is 5.32 Å². The summed E-state index contributed by atoms with van der Waals surface area (Å²) >= 11 is 5.96. The maximum absolute atomic E-state index is 12.1. The van der Waals surface area contributed by atoms with E-state index in [2.05, 4.69) is 20.8 Å². The van der Waals surface area contributed by atoms with E-state index in [1.54, 1.807) is 6.20 Å². The maximum atomic E-state index is 12.1. The van der Waals surface area contributed by atoms with Gasteiger partial charge in [-0.25, -0.2) is 4.79 Å². The SMILES string of the molecule is O=C(Nc1cc([N+](=O)[O-])ccc1Cl)N[C@H]1CCc2[nH]ncc2C1. The molecule has 1 aliphatic rings. The Morgan fingerprint density at radius 2 is 2.30 bits per heavy atom. The van der Waals surface area contributed by atoms with Crippen LogP contribution in [0.3, 0.4) is 0 Å². The number of aromatic amines is 1. The second kappa shape index (κ2) is 6.25. The van der Waals surface area contributed by atoms with Gasteiger partial charge in [0.25, 0.3) is 5.69 Å². The molecule has 0 radical (unpaired) electrons. The Labute approximate surface area is 136 Å². The standard InChI is InChI=1S/C14H14ClN5O3/c15-11-3-2-10(20(22)23)6-13(11)18-14(21)17-9-1-4-12-8(5-9)7-16-19-12/h2-3,6-7,9H,1,4-5H2,(H,16,19)(H2,17,18,21)/t9-/m0/s1. The quantitative estimate of drug-likeness (QED) is 0.591. The average Bonchev–Trinajstić information content (AvgIpc) is 2.96. The summed E-state index contributed by atoms with van der Waals surface area (Å²) in [4.78, 5) is 22.3. The molecule has 3 rings (SSSR count). The molecule has 0 aliphatic heterocycles. The Bertz CT molecular complexity index is 761. The summed E-state index contributed by atoms with van der Waals surface area (Å²) in [7, 11) is 0. The van der Waals surface area contributed by atoms with Crippen LogP contribution in [0, 0.1) is 10.1 Å². The molecule has 1 aromatic carbocycles. The molecule has 0 spiro atoms. The van der Waals surface area contributed by atoms with Crippen molar-refractivity contribution in [2.24, 2.45) is 0 Å². The molecular formula is C14H14ClN5O3. The van der Waals surface area contributed by atoms with Crippen molar-refractivity contribution in [3.63, 3.8) is 0 Å². The van der Waals surface area contributed by atoms with Crippen LogP contribution >= 0.6 is 11.6 Å². The number of aryl methyl sites for hydroxylation is 1. The van der Waals surface area contributed by atoms with E-state index >= 15 is 0 Å². The zero-order chi connectivity index (χ0) is 16.4. The van der Waals surface area contributed by atoms with E-state index in [1.165, 1.54) is 18.2 Å². The van der Waals surface area contributed by atoms with Gasteiger partial charge in [-0.3, -0.25) is 15.2 Å². The third kappa shape index (κ3) is 3.42. The van der Waals surface area contributed by atoms with Crippen LogP contribution in [0.15, 0.2) is 24.4 Å². The highest BCUT2D eigenvalue weighted by Crippen LogP contribution is 2.26. The number of urea groups is 1. The number of nitro benzene ring substituents is 1. The fourth-order valence-electron chi connectivity index (χ4n) is 2.61. The molecule has 9 heteroatoms. The fraction of sp³-hybridized carbons (Fsp3) is 0.286. The Morgan fingerprint density at radius 3 is 3.09 bits per heavy atom. The first kappa shape index (κ1) is 15.3. The summed E-state index contributed by atoms with van der Waals surface area (Å²) in [6, 6.07) is 3.44. The normalized spacial score (nSPS) is 16.5. The van der Waals surface area contributed by atoms with Crippen molar-refractivity contribution in [1.82, 2.24) is 15.5 Å².